The highest BCUT2D eigenvalue weighted by atomic mass is 16.6. The van der Waals surface area contributed by atoms with Crippen LogP contribution in [0.5, 0.6) is 0 Å². The van der Waals surface area contributed by atoms with Crippen LogP contribution in [0.3, 0.4) is 0 Å². The second-order valence-corrected chi connectivity index (χ2v) is 4.87. The highest BCUT2D eigenvalue weighted by Gasteiger charge is 2.36. The van der Waals surface area contributed by atoms with Crippen LogP contribution in [0.4, 0.5) is 11.4 Å². The lowest BCUT2D eigenvalue weighted by Crippen LogP contribution is -2.45. The predicted octanol–water partition coefficient (Wildman–Crippen LogP) is 0.712. The quantitative estimate of drug-likeness (QED) is 0.469. The van der Waals surface area contributed by atoms with Gasteiger partial charge in [-0.05, 0) is 12.1 Å². The van der Waals surface area contributed by atoms with Crippen LogP contribution >= 0.6 is 0 Å². The number of nitrogens with one attached hydrogen (secondary N) is 1. The summed E-state index contributed by atoms with van der Waals surface area (Å²) in [5, 5.41) is 13.7. The zero-order valence-electron chi connectivity index (χ0n) is 11.6. The number of nitro benzene ring substituents is 1. The Morgan fingerprint density at radius 2 is 2.38 bits per heavy atom. The molecule has 8 heteroatoms. The molecule has 114 valence electrons. The Morgan fingerprint density at radius 1 is 1.62 bits per heavy atom. The molecule has 0 aromatic heterocycles. The molecule has 0 aliphatic carbocycles. The molecule has 1 aromatic carbocycles. The van der Waals surface area contributed by atoms with Crippen molar-refractivity contribution >= 4 is 17.3 Å². The molecule has 1 atom stereocenters. The third kappa shape index (κ3) is 3.11. The number of benzene rings is 1. The summed E-state index contributed by atoms with van der Waals surface area (Å²) in [5.41, 5.74) is 4.49. The van der Waals surface area contributed by atoms with Crippen molar-refractivity contribution in [1.29, 1.82) is 0 Å². The molecule has 0 saturated carbocycles. The van der Waals surface area contributed by atoms with Crippen LogP contribution in [-0.2, 0) is 9.47 Å². The van der Waals surface area contributed by atoms with Gasteiger partial charge < -0.3 is 20.5 Å². The molecule has 1 saturated heterocycles. The Hall–Kier alpha value is -2.19. The Bertz CT molecular complexity index is 555. The summed E-state index contributed by atoms with van der Waals surface area (Å²) in [7, 11) is 1.55. The van der Waals surface area contributed by atoms with Crippen molar-refractivity contribution in [3.63, 3.8) is 0 Å². The fraction of sp³-hybridized carbons (Fsp3) is 0.462. The van der Waals surface area contributed by atoms with Crippen molar-refractivity contribution in [2.45, 2.75) is 12.0 Å². The van der Waals surface area contributed by atoms with Gasteiger partial charge in [-0.15, -0.1) is 0 Å². The number of hydrogen-bond donors (Lipinski definition) is 2. The Morgan fingerprint density at radius 3 is 2.95 bits per heavy atom. The number of nitrogens with zero attached hydrogens (tertiary/aromatic N) is 1. The molecule has 1 fully saturated rings. The van der Waals surface area contributed by atoms with Gasteiger partial charge in [0, 0.05) is 26.7 Å². The molecule has 1 unspecified atom stereocenters. The number of rotatable bonds is 5. The topological polar surface area (TPSA) is 117 Å². The van der Waals surface area contributed by atoms with Crippen LogP contribution in [0.25, 0.3) is 0 Å². The summed E-state index contributed by atoms with van der Waals surface area (Å²) in [4.78, 5) is 22.5. The van der Waals surface area contributed by atoms with Crippen molar-refractivity contribution in [1.82, 2.24) is 5.32 Å². The van der Waals surface area contributed by atoms with Crippen molar-refractivity contribution < 1.29 is 19.2 Å². The first-order chi connectivity index (χ1) is 9.99. The smallest absolute Gasteiger partial charge is 0.304 e. The number of para-hydroxylation sites is 1. The summed E-state index contributed by atoms with van der Waals surface area (Å²) in [6, 6.07) is 4.26. The van der Waals surface area contributed by atoms with E-state index in [-0.39, 0.29) is 23.5 Å². The lowest BCUT2D eigenvalue weighted by molar-refractivity contribution is -0.384. The SMILES string of the molecule is COC1(CNC(=O)c2cccc(N)c2[N+](=O)[O-])CCOC1. The number of carbonyl (C=O) groups is 1. The number of carbonyl (C=O) groups excluding carboxylic acids is 1. The number of nitro groups is 1. The minimum atomic E-state index is -0.658. The highest BCUT2D eigenvalue weighted by Crippen LogP contribution is 2.26. The van der Waals surface area contributed by atoms with Gasteiger partial charge in [-0.2, -0.15) is 0 Å². The molecule has 8 nitrogen and oxygen atoms in total. The van der Waals surface area contributed by atoms with Gasteiger partial charge in [-0.25, -0.2) is 0 Å². The summed E-state index contributed by atoms with van der Waals surface area (Å²) in [6.45, 7) is 1.15. The molecule has 1 amide bonds. The summed E-state index contributed by atoms with van der Waals surface area (Å²) >= 11 is 0. The second kappa shape index (κ2) is 6.06. The molecular weight excluding hydrogens is 278 g/mol. The maximum absolute atomic E-state index is 12.2. The number of amides is 1. The molecule has 1 heterocycles. The largest absolute Gasteiger partial charge is 0.393 e. The monoisotopic (exact) mass is 295 g/mol. The van der Waals surface area contributed by atoms with E-state index in [0.29, 0.717) is 19.6 Å². The zero-order chi connectivity index (χ0) is 15.5. The fourth-order valence-corrected chi connectivity index (χ4v) is 2.25. The van der Waals surface area contributed by atoms with Gasteiger partial charge in [0.2, 0.25) is 0 Å². The van der Waals surface area contributed by atoms with Crippen molar-refractivity contribution in [3.05, 3.63) is 33.9 Å². The average molecular weight is 295 g/mol. The molecule has 1 aliphatic rings. The summed E-state index contributed by atoms with van der Waals surface area (Å²) in [5.74, 6) is -0.558. The van der Waals surface area contributed by atoms with Gasteiger partial charge >= 0.3 is 5.69 Å². The van der Waals surface area contributed by atoms with E-state index in [4.69, 9.17) is 15.2 Å². The van der Waals surface area contributed by atoms with Crippen molar-refractivity contribution in [2.24, 2.45) is 0 Å². The maximum Gasteiger partial charge on any atom is 0.304 e. The first-order valence-corrected chi connectivity index (χ1v) is 6.43. The lowest BCUT2D eigenvalue weighted by Gasteiger charge is -2.25. The lowest BCUT2D eigenvalue weighted by atomic mass is 10.0. The molecule has 21 heavy (non-hydrogen) atoms. The van der Waals surface area contributed by atoms with E-state index in [2.05, 4.69) is 5.32 Å². The first-order valence-electron chi connectivity index (χ1n) is 6.43. The molecule has 0 bridgehead atoms. The average Bonchev–Trinajstić information content (AvgIpc) is 2.93. The number of hydrogen-bond acceptors (Lipinski definition) is 6. The predicted molar refractivity (Wildman–Crippen MR) is 75.0 cm³/mol. The number of nitrogen functional groups attached to an aromatic ring is 1. The Kier molecular flexibility index (Phi) is 4.39. The van der Waals surface area contributed by atoms with Crippen LogP contribution in [-0.4, -0.2) is 43.3 Å². The standard InChI is InChI=1S/C13H17N3O5/c1-20-13(5-6-21-8-13)7-15-12(17)9-3-2-4-10(14)11(9)16(18)19/h2-4H,5-8,14H2,1H3,(H,15,17). The van der Waals surface area contributed by atoms with Gasteiger partial charge in [0.05, 0.1) is 11.5 Å². The van der Waals surface area contributed by atoms with Gasteiger partial charge in [0.15, 0.2) is 0 Å². The van der Waals surface area contributed by atoms with Crippen molar-refractivity contribution in [3.8, 4) is 0 Å². The zero-order valence-corrected chi connectivity index (χ0v) is 11.6. The van der Waals surface area contributed by atoms with E-state index in [0.717, 1.165) is 0 Å². The number of nitrogens with two attached hydrogens (primary N) is 1. The highest BCUT2D eigenvalue weighted by molar-refractivity contribution is 6.00. The van der Waals surface area contributed by atoms with Crippen LogP contribution in [0, 0.1) is 10.1 Å². The van der Waals surface area contributed by atoms with Crippen LogP contribution in [0.2, 0.25) is 0 Å². The van der Waals surface area contributed by atoms with Crippen LogP contribution in [0.15, 0.2) is 18.2 Å². The van der Waals surface area contributed by atoms with Gasteiger partial charge in [0.1, 0.15) is 16.9 Å². The molecule has 0 spiro atoms. The Labute approximate surface area is 121 Å². The molecular formula is C13H17N3O5. The number of ether oxygens (including phenoxy) is 2. The van der Waals surface area contributed by atoms with Crippen molar-refractivity contribution in [2.75, 3.05) is 32.6 Å². The maximum atomic E-state index is 12.2. The van der Waals surface area contributed by atoms with Gasteiger partial charge in [-0.1, -0.05) is 6.07 Å². The van der Waals surface area contributed by atoms with Gasteiger partial charge in [0.25, 0.3) is 5.91 Å². The molecule has 1 aliphatic heterocycles. The van der Waals surface area contributed by atoms with E-state index in [1.807, 2.05) is 0 Å². The summed E-state index contributed by atoms with van der Waals surface area (Å²) < 4.78 is 10.7. The third-order valence-electron chi connectivity index (χ3n) is 3.57. The van der Waals surface area contributed by atoms with E-state index in [1.165, 1.54) is 18.2 Å². The Balaban J connectivity index is 2.14. The normalized spacial score (nSPS) is 21.2. The molecule has 3 N–H and O–H groups in total. The summed E-state index contributed by atoms with van der Waals surface area (Å²) in [6.07, 6.45) is 0.656. The van der Waals surface area contributed by atoms with E-state index in [1.54, 1.807) is 7.11 Å². The minimum absolute atomic E-state index is 0.0432. The van der Waals surface area contributed by atoms with E-state index >= 15 is 0 Å². The van der Waals surface area contributed by atoms with E-state index < -0.39 is 16.4 Å². The van der Waals surface area contributed by atoms with Gasteiger partial charge in [-0.3, -0.25) is 14.9 Å². The van der Waals surface area contributed by atoms with Crippen LogP contribution in [0.1, 0.15) is 16.8 Å². The second-order valence-electron chi connectivity index (χ2n) is 4.87. The first kappa shape index (κ1) is 15.2. The fourth-order valence-electron chi connectivity index (χ4n) is 2.25. The number of anilines is 1. The number of methoxy groups -OCH3 is 1. The van der Waals surface area contributed by atoms with Crippen LogP contribution < -0.4 is 11.1 Å². The minimum Gasteiger partial charge on any atom is -0.393 e. The third-order valence-corrected chi connectivity index (χ3v) is 3.57. The van der Waals surface area contributed by atoms with E-state index in [9.17, 15) is 14.9 Å². The molecule has 2 rings (SSSR count). The molecule has 1 aromatic rings. The molecule has 0 radical (unpaired) electrons.